The molecule has 5 heteroatoms. The molecular formula is C14H18N2O3. The van der Waals surface area contributed by atoms with Crippen LogP contribution in [0.5, 0.6) is 0 Å². The summed E-state index contributed by atoms with van der Waals surface area (Å²) in [5.41, 5.74) is 0.863. The average Bonchev–Trinajstić information content (AvgIpc) is 3.16. The summed E-state index contributed by atoms with van der Waals surface area (Å²) in [5.74, 6) is 0.197. The Morgan fingerprint density at radius 3 is 2.63 bits per heavy atom. The number of ether oxygens (including phenoxy) is 1. The van der Waals surface area contributed by atoms with Crippen molar-refractivity contribution in [2.45, 2.75) is 25.8 Å². The largest absolute Gasteiger partial charge is 0.469 e. The molecule has 1 aromatic heterocycles. The van der Waals surface area contributed by atoms with Crippen molar-refractivity contribution in [3.63, 3.8) is 0 Å². The van der Waals surface area contributed by atoms with E-state index in [0.717, 1.165) is 12.0 Å². The number of carbonyl (C=O) groups is 2. The van der Waals surface area contributed by atoms with Crippen LogP contribution in [0.4, 0.5) is 0 Å². The van der Waals surface area contributed by atoms with E-state index >= 15 is 0 Å². The third kappa shape index (κ3) is 3.53. The predicted octanol–water partition coefficient (Wildman–Crippen LogP) is 1.46. The number of pyridine rings is 1. The smallest absolute Gasteiger partial charge is 0.307 e. The number of amides is 1. The van der Waals surface area contributed by atoms with Gasteiger partial charge in [-0.05, 0) is 30.0 Å². The molecule has 3 atom stereocenters. The number of rotatable bonds is 5. The van der Waals surface area contributed by atoms with E-state index in [2.05, 4.69) is 15.0 Å². The van der Waals surface area contributed by atoms with Crippen molar-refractivity contribution < 1.29 is 14.3 Å². The molecule has 0 bridgehead atoms. The molecule has 0 saturated heterocycles. The van der Waals surface area contributed by atoms with E-state index in [-0.39, 0.29) is 30.3 Å². The van der Waals surface area contributed by atoms with E-state index in [1.165, 1.54) is 7.11 Å². The van der Waals surface area contributed by atoms with Crippen LogP contribution in [0.3, 0.4) is 0 Å². The highest BCUT2D eigenvalue weighted by molar-refractivity contribution is 5.82. The Morgan fingerprint density at radius 2 is 2.11 bits per heavy atom. The Labute approximate surface area is 112 Å². The zero-order valence-electron chi connectivity index (χ0n) is 11.1. The van der Waals surface area contributed by atoms with Gasteiger partial charge in [0.05, 0.1) is 19.6 Å². The lowest BCUT2D eigenvalue weighted by molar-refractivity contribution is -0.141. The Kier molecular flexibility index (Phi) is 4.14. The van der Waals surface area contributed by atoms with Crippen LogP contribution in [0.15, 0.2) is 24.5 Å². The van der Waals surface area contributed by atoms with Gasteiger partial charge in [-0.15, -0.1) is 0 Å². The first kappa shape index (κ1) is 13.5. The molecule has 5 nitrogen and oxygen atoms in total. The first-order chi connectivity index (χ1) is 9.11. The van der Waals surface area contributed by atoms with Crippen LogP contribution in [0, 0.1) is 11.8 Å². The molecule has 1 heterocycles. The van der Waals surface area contributed by atoms with Crippen molar-refractivity contribution >= 4 is 11.9 Å². The second kappa shape index (κ2) is 5.82. The van der Waals surface area contributed by atoms with Crippen LogP contribution in [0.2, 0.25) is 0 Å². The normalized spacial score (nSPS) is 22.4. The summed E-state index contributed by atoms with van der Waals surface area (Å²) < 4.78 is 4.68. The van der Waals surface area contributed by atoms with Crippen LogP contribution in [0.1, 0.15) is 31.4 Å². The van der Waals surface area contributed by atoms with Gasteiger partial charge in [-0.3, -0.25) is 14.6 Å². The van der Waals surface area contributed by atoms with Crippen molar-refractivity contribution in [1.29, 1.82) is 0 Å². The number of methoxy groups -OCH3 is 1. The van der Waals surface area contributed by atoms with E-state index < -0.39 is 0 Å². The molecule has 1 N–H and O–H groups in total. The van der Waals surface area contributed by atoms with E-state index in [1.54, 1.807) is 24.5 Å². The third-order valence-corrected chi connectivity index (χ3v) is 3.47. The Hall–Kier alpha value is -1.91. The second-order valence-electron chi connectivity index (χ2n) is 4.94. The fourth-order valence-corrected chi connectivity index (χ4v) is 2.06. The molecule has 0 unspecified atom stereocenters. The summed E-state index contributed by atoms with van der Waals surface area (Å²) in [5, 5.41) is 2.92. The van der Waals surface area contributed by atoms with Crippen molar-refractivity contribution in [3.05, 3.63) is 30.1 Å². The quantitative estimate of drug-likeness (QED) is 0.816. The lowest BCUT2D eigenvalue weighted by atomic mass is 10.0. The highest BCUT2D eigenvalue weighted by Crippen LogP contribution is 2.38. The fourth-order valence-electron chi connectivity index (χ4n) is 2.06. The second-order valence-corrected chi connectivity index (χ2v) is 4.94. The fraction of sp³-hybridized carbons (Fsp3) is 0.500. The van der Waals surface area contributed by atoms with Crippen molar-refractivity contribution in [2.24, 2.45) is 11.8 Å². The Bertz CT molecular complexity index is 461. The standard InChI is InChI=1S/C14H18N2O3/c1-9-7-11(9)14(18)16-12(8-13(17)19-2)10-3-5-15-6-4-10/h3-6,9,11-12H,7-8H2,1-2H3,(H,16,18)/t9-,11-,12+/m1/s1. The number of esters is 1. The maximum Gasteiger partial charge on any atom is 0.307 e. The van der Waals surface area contributed by atoms with Crippen LogP contribution in [-0.4, -0.2) is 24.0 Å². The highest BCUT2D eigenvalue weighted by Gasteiger charge is 2.40. The molecule has 1 aromatic rings. The molecule has 0 spiro atoms. The third-order valence-electron chi connectivity index (χ3n) is 3.47. The van der Waals surface area contributed by atoms with Gasteiger partial charge in [-0.2, -0.15) is 0 Å². The van der Waals surface area contributed by atoms with Gasteiger partial charge in [0.2, 0.25) is 5.91 Å². The minimum absolute atomic E-state index is 0.0122. The maximum atomic E-state index is 12.0. The monoisotopic (exact) mass is 262 g/mol. The van der Waals surface area contributed by atoms with Crippen LogP contribution in [-0.2, 0) is 14.3 Å². The first-order valence-corrected chi connectivity index (χ1v) is 6.39. The van der Waals surface area contributed by atoms with Gasteiger partial charge < -0.3 is 10.1 Å². The zero-order chi connectivity index (χ0) is 13.8. The predicted molar refractivity (Wildman–Crippen MR) is 69.0 cm³/mol. The summed E-state index contributed by atoms with van der Waals surface area (Å²) in [7, 11) is 1.34. The minimum Gasteiger partial charge on any atom is -0.469 e. The molecule has 1 aliphatic carbocycles. The van der Waals surface area contributed by atoms with Gasteiger partial charge in [0.25, 0.3) is 0 Å². The molecule has 102 valence electrons. The van der Waals surface area contributed by atoms with Gasteiger partial charge >= 0.3 is 5.97 Å². The van der Waals surface area contributed by atoms with Crippen molar-refractivity contribution in [2.75, 3.05) is 7.11 Å². The first-order valence-electron chi connectivity index (χ1n) is 6.39. The van der Waals surface area contributed by atoms with E-state index in [0.29, 0.717) is 5.92 Å². The van der Waals surface area contributed by atoms with Crippen LogP contribution >= 0.6 is 0 Å². The summed E-state index contributed by atoms with van der Waals surface area (Å²) in [6.45, 7) is 2.05. The molecule has 1 fully saturated rings. The molecule has 19 heavy (non-hydrogen) atoms. The van der Waals surface area contributed by atoms with Gasteiger partial charge in [0.15, 0.2) is 0 Å². The van der Waals surface area contributed by atoms with Gasteiger partial charge in [0, 0.05) is 18.3 Å². The topological polar surface area (TPSA) is 68.3 Å². The molecule has 2 rings (SSSR count). The lowest BCUT2D eigenvalue weighted by Crippen LogP contribution is -2.32. The number of nitrogens with zero attached hydrogens (tertiary/aromatic N) is 1. The summed E-state index contributed by atoms with van der Waals surface area (Å²) in [6.07, 6.45) is 4.34. The van der Waals surface area contributed by atoms with Crippen LogP contribution < -0.4 is 5.32 Å². The lowest BCUT2D eigenvalue weighted by Gasteiger charge is -2.18. The molecule has 0 aromatic carbocycles. The van der Waals surface area contributed by atoms with Crippen molar-refractivity contribution in [1.82, 2.24) is 10.3 Å². The summed E-state index contributed by atoms with van der Waals surface area (Å²) in [4.78, 5) is 27.4. The molecule has 1 saturated carbocycles. The summed E-state index contributed by atoms with van der Waals surface area (Å²) in [6, 6.07) is 3.24. The van der Waals surface area contributed by atoms with E-state index in [9.17, 15) is 9.59 Å². The summed E-state index contributed by atoms with van der Waals surface area (Å²) >= 11 is 0. The molecule has 0 aliphatic heterocycles. The van der Waals surface area contributed by atoms with Gasteiger partial charge in [-0.1, -0.05) is 6.92 Å². The van der Waals surface area contributed by atoms with E-state index in [4.69, 9.17) is 0 Å². The zero-order valence-corrected chi connectivity index (χ0v) is 11.1. The number of aromatic nitrogens is 1. The molecular weight excluding hydrogens is 244 g/mol. The average molecular weight is 262 g/mol. The number of nitrogens with one attached hydrogen (secondary N) is 1. The molecule has 0 radical (unpaired) electrons. The highest BCUT2D eigenvalue weighted by atomic mass is 16.5. The maximum absolute atomic E-state index is 12.0. The van der Waals surface area contributed by atoms with Gasteiger partial charge in [-0.25, -0.2) is 0 Å². The van der Waals surface area contributed by atoms with Gasteiger partial charge in [0.1, 0.15) is 0 Å². The molecule has 1 aliphatic rings. The van der Waals surface area contributed by atoms with E-state index in [1.807, 2.05) is 6.92 Å². The number of carbonyl (C=O) groups excluding carboxylic acids is 2. The van der Waals surface area contributed by atoms with Crippen LogP contribution in [0.25, 0.3) is 0 Å². The molecule has 1 amide bonds. The SMILES string of the molecule is COC(=O)C[C@H](NC(=O)[C@@H]1C[C@H]1C)c1ccncc1. The number of hydrogen-bond acceptors (Lipinski definition) is 4. The number of hydrogen-bond donors (Lipinski definition) is 1. The van der Waals surface area contributed by atoms with Crippen molar-refractivity contribution in [3.8, 4) is 0 Å². The Balaban J connectivity index is 2.06. The minimum atomic E-state index is -0.351. The Morgan fingerprint density at radius 1 is 1.47 bits per heavy atom.